The number of halogens is 1. The van der Waals surface area contributed by atoms with Gasteiger partial charge in [-0.3, -0.25) is 0 Å². The Balaban J connectivity index is 2.39. The van der Waals surface area contributed by atoms with Gasteiger partial charge in [-0.05, 0) is 38.6 Å². The second-order valence-corrected chi connectivity index (χ2v) is 6.89. The van der Waals surface area contributed by atoms with E-state index >= 15 is 0 Å². The van der Waals surface area contributed by atoms with Crippen molar-refractivity contribution in [3.8, 4) is 0 Å². The molecule has 1 aromatic rings. The van der Waals surface area contributed by atoms with Crippen molar-refractivity contribution in [2.45, 2.75) is 30.8 Å². The van der Waals surface area contributed by atoms with E-state index in [0.29, 0.717) is 19.5 Å². The van der Waals surface area contributed by atoms with Gasteiger partial charge in [-0.2, -0.15) is 4.31 Å². The molecule has 5 nitrogen and oxygen atoms in total. The van der Waals surface area contributed by atoms with Gasteiger partial charge in [-0.25, -0.2) is 17.8 Å². The van der Waals surface area contributed by atoms with Crippen LogP contribution >= 0.6 is 0 Å². The van der Waals surface area contributed by atoms with E-state index in [1.807, 2.05) is 14.0 Å². The van der Waals surface area contributed by atoms with Crippen molar-refractivity contribution in [3.05, 3.63) is 24.1 Å². The Morgan fingerprint density at radius 2 is 2.20 bits per heavy atom. The zero-order valence-electron chi connectivity index (χ0n) is 11.8. The summed E-state index contributed by atoms with van der Waals surface area (Å²) in [6.07, 6.45) is 2.74. The zero-order chi connectivity index (χ0) is 14.8. The van der Waals surface area contributed by atoms with Gasteiger partial charge in [0.25, 0.3) is 10.0 Å². The summed E-state index contributed by atoms with van der Waals surface area (Å²) < 4.78 is 40.5. The highest BCUT2D eigenvalue weighted by molar-refractivity contribution is 7.89. The monoisotopic (exact) mass is 301 g/mol. The third-order valence-electron chi connectivity index (χ3n) is 3.60. The van der Waals surface area contributed by atoms with Crippen molar-refractivity contribution in [1.82, 2.24) is 14.2 Å². The number of pyridine rings is 1. The Hall–Kier alpha value is -1.05. The summed E-state index contributed by atoms with van der Waals surface area (Å²) in [4.78, 5) is 5.83. The lowest BCUT2D eigenvalue weighted by Crippen LogP contribution is -2.43. The first kappa shape index (κ1) is 15.3. The normalized spacial score (nSPS) is 22.6. The van der Waals surface area contributed by atoms with Gasteiger partial charge in [0, 0.05) is 25.3 Å². The second kappa shape index (κ2) is 6.15. The SMILES string of the molecule is CCC1CN(C)CCCN1S(=O)(=O)c1ncccc1F. The lowest BCUT2D eigenvalue weighted by atomic mass is 10.2. The highest BCUT2D eigenvalue weighted by atomic mass is 32.2. The average molecular weight is 301 g/mol. The third kappa shape index (κ3) is 2.99. The van der Waals surface area contributed by atoms with Crippen molar-refractivity contribution >= 4 is 10.0 Å². The fraction of sp³-hybridized carbons (Fsp3) is 0.615. The smallest absolute Gasteiger partial charge is 0.263 e. The van der Waals surface area contributed by atoms with Crippen LogP contribution in [0.5, 0.6) is 0 Å². The fourth-order valence-corrected chi connectivity index (χ4v) is 4.25. The Kier molecular flexibility index (Phi) is 4.72. The highest BCUT2D eigenvalue weighted by Crippen LogP contribution is 2.22. The molecule has 20 heavy (non-hydrogen) atoms. The average Bonchev–Trinajstić information content (AvgIpc) is 2.60. The van der Waals surface area contributed by atoms with Crippen LogP contribution in [0.3, 0.4) is 0 Å². The van der Waals surface area contributed by atoms with Gasteiger partial charge in [0.15, 0.2) is 5.82 Å². The van der Waals surface area contributed by atoms with Gasteiger partial charge in [0.05, 0.1) is 0 Å². The molecule has 0 spiro atoms. The molecule has 112 valence electrons. The van der Waals surface area contributed by atoms with Gasteiger partial charge >= 0.3 is 0 Å². The lowest BCUT2D eigenvalue weighted by Gasteiger charge is -2.28. The van der Waals surface area contributed by atoms with E-state index in [4.69, 9.17) is 0 Å². The number of rotatable bonds is 3. The Labute approximate surface area is 119 Å². The summed E-state index contributed by atoms with van der Waals surface area (Å²) in [5, 5.41) is -0.469. The van der Waals surface area contributed by atoms with E-state index in [1.54, 1.807) is 0 Å². The van der Waals surface area contributed by atoms with Crippen LogP contribution in [0.4, 0.5) is 4.39 Å². The molecule has 1 aromatic heterocycles. The minimum Gasteiger partial charge on any atom is -0.305 e. The molecule has 7 heteroatoms. The predicted octanol–water partition coefficient (Wildman–Crippen LogP) is 1.33. The van der Waals surface area contributed by atoms with Gasteiger partial charge < -0.3 is 4.90 Å². The minimum absolute atomic E-state index is 0.145. The summed E-state index contributed by atoms with van der Waals surface area (Å²) in [6, 6.07) is 2.38. The van der Waals surface area contributed by atoms with Gasteiger partial charge in [0.2, 0.25) is 5.03 Å². The molecule has 0 N–H and O–H groups in total. The molecule has 1 saturated heterocycles. The Morgan fingerprint density at radius 3 is 2.85 bits per heavy atom. The van der Waals surface area contributed by atoms with Crippen molar-refractivity contribution in [2.75, 3.05) is 26.7 Å². The maximum atomic E-state index is 13.8. The highest BCUT2D eigenvalue weighted by Gasteiger charge is 2.35. The van der Waals surface area contributed by atoms with Crippen LogP contribution in [0.2, 0.25) is 0 Å². The number of sulfonamides is 1. The summed E-state index contributed by atoms with van der Waals surface area (Å²) in [5.41, 5.74) is 0. The first-order valence-electron chi connectivity index (χ1n) is 6.77. The van der Waals surface area contributed by atoms with Crippen molar-refractivity contribution in [2.24, 2.45) is 0 Å². The molecular formula is C13H20FN3O2S. The molecule has 1 fully saturated rings. The lowest BCUT2D eigenvalue weighted by molar-refractivity contribution is 0.269. The molecule has 2 heterocycles. The molecule has 0 aliphatic carbocycles. The van der Waals surface area contributed by atoms with Crippen LogP contribution in [0.25, 0.3) is 0 Å². The summed E-state index contributed by atoms with van der Waals surface area (Å²) in [6.45, 7) is 3.85. The molecule has 0 aromatic carbocycles. The number of aromatic nitrogens is 1. The van der Waals surface area contributed by atoms with Gasteiger partial charge in [-0.15, -0.1) is 0 Å². The molecule has 1 atom stereocenters. The molecule has 1 unspecified atom stereocenters. The summed E-state index contributed by atoms with van der Waals surface area (Å²) in [5.74, 6) is -0.792. The second-order valence-electron chi connectivity index (χ2n) is 5.08. The van der Waals surface area contributed by atoms with E-state index in [0.717, 1.165) is 19.0 Å². The number of hydrogen-bond donors (Lipinski definition) is 0. The van der Waals surface area contributed by atoms with Crippen LogP contribution in [0.1, 0.15) is 19.8 Å². The topological polar surface area (TPSA) is 53.5 Å². The van der Waals surface area contributed by atoms with E-state index in [-0.39, 0.29) is 6.04 Å². The van der Waals surface area contributed by atoms with E-state index in [1.165, 1.54) is 16.6 Å². The summed E-state index contributed by atoms with van der Waals surface area (Å²) >= 11 is 0. The van der Waals surface area contributed by atoms with Crippen LogP contribution in [-0.4, -0.2) is 55.3 Å². The quantitative estimate of drug-likeness (QED) is 0.845. The Morgan fingerprint density at radius 1 is 1.45 bits per heavy atom. The molecular weight excluding hydrogens is 281 g/mol. The first-order chi connectivity index (χ1) is 9.46. The maximum absolute atomic E-state index is 13.8. The summed E-state index contributed by atoms with van der Waals surface area (Å²) in [7, 11) is -1.91. The van der Waals surface area contributed by atoms with Crippen LogP contribution in [0.15, 0.2) is 23.4 Å². The van der Waals surface area contributed by atoms with Crippen molar-refractivity contribution in [1.29, 1.82) is 0 Å². The van der Waals surface area contributed by atoms with Crippen molar-refractivity contribution < 1.29 is 12.8 Å². The Bertz CT molecular complexity index is 564. The van der Waals surface area contributed by atoms with Gasteiger partial charge in [-0.1, -0.05) is 6.92 Å². The molecule has 0 bridgehead atoms. The molecule has 1 aliphatic rings. The zero-order valence-corrected chi connectivity index (χ0v) is 12.6. The fourth-order valence-electron chi connectivity index (χ4n) is 2.54. The molecule has 0 amide bonds. The molecule has 1 aliphatic heterocycles. The van der Waals surface area contributed by atoms with Crippen molar-refractivity contribution in [3.63, 3.8) is 0 Å². The number of likely N-dealkylation sites (N-methyl/N-ethyl adjacent to an activating group) is 1. The van der Waals surface area contributed by atoms with Crippen LogP contribution < -0.4 is 0 Å². The van der Waals surface area contributed by atoms with Crippen LogP contribution in [-0.2, 0) is 10.0 Å². The first-order valence-corrected chi connectivity index (χ1v) is 8.21. The van der Waals surface area contributed by atoms with E-state index in [2.05, 4.69) is 9.88 Å². The molecule has 0 saturated carbocycles. The standard InChI is InChI=1S/C13H20FN3O2S/c1-3-11-10-16(2)8-5-9-17(11)20(18,19)13-12(14)6-4-7-15-13/h4,6-7,11H,3,5,8-10H2,1-2H3. The maximum Gasteiger partial charge on any atom is 0.263 e. The minimum atomic E-state index is -3.88. The van der Waals surface area contributed by atoms with E-state index < -0.39 is 20.9 Å². The number of hydrogen-bond acceptors (Lipinski definition) is 4. The van der Waals surface area contributed by atoms with Crippen LogP contribution in [0, 0.1) is 5.82 Å². The molecule has 2 rings (SSSR count). The molecule has 0 radical (unpaired) electrons. The van der Waals surface area contributed by atoms with Gasteiger partial charge in [0.1, 0.15) is 0 Å². The predicted molar refractivity (Wildman–Crippen MR) is 74.3 cm³/mol. The number of nitrogens with zero attached hydrogens (tertiary/aromatic N) is 3. The third-order valence-corrected chi connectivity index (χ3v) is 5.48. The largest absolute Gasteiger partial charge is 0.305 e. The van der Waals surface area contributed by atoms with E-state index in [9.17, 15) is 12.8 Å².